The highest BCUT2D eigenvalue weighted by Gasteiger charge is 2.85. The number of aliphatic hydroxyl groups is 1. The Morgan fingerprint density at radius 2 is 1.66 bits per heavy atom. The third kappa shape index (κ3) is 9.01. The lowest BCUT2D eigenvalue weighted by Crippen LogP contribution is -2.79. The van der Waals surface area contributed by atoms with Crippen LogP contribution in [0.5, 0.6) is 17.2 Å². The van der Waals surface area contributed by atoms with Crippen LogP contribution in [-0.4, -0.2) is 82.9 Å². The minimum atomic E-state index is -6.00. The molecule has 368 valence electrons. The van der Waals surface area contributed by atoms with E-state index in [1.165, 1.54) is 11.8 Å². The first-order valence-electron chi connectivity index (χ1n) is 22.2. The van der Waals surface area contributed by atoms with Gasteiger partial charge in [0.25, 0.3) is 0 Å². The van der Waals surface area contributed by atoms with Crippen molar-refractivity contribution in [1.82, 2.24) is 5.32 Å². The van der Waals surface area contributed by atoms with E-state index >= 15 is 4.79 Å². The van der Waals surface area contributed by atoms with Crippen molar-refractivity contribution in [3.63, 3.8) is 0 Å². The topological polar surface area (TPSA) is 266 Å². The first-order valence-corrected chi connectivity index (χ1v) is 27.6. The van der Waals surface area contributed by atoms with Gasteiger partial charge in [0.05, 0.1) is 40.7 Å². The van der Waals surface area contributed by atoms with Gasteiger partial charge >= 0.3 is 23.5 Å². The van der Waals surface area contributed by atoms with Crippen molar-refractivity contribution in [2.45, 2.75) is 120 Å². The predicted octanol–water partition coefficient (Wildman–Crippen LogP) is 8.37. The van der Waals surface area contributed by atoms with Gasteiger partial charge in [-0.05, 0) is 105 Å². The summed E-state index contributed by atoms with van der Waals surface area (Å²) in [6.45, 7) is 14.8. The number of phosphoric acid groups is 3. The van der Waals surface area contributed by atoms with Crippen LogP contribution in [-0.2, 0) is 43.1 Å². The second-order valence-corrected chi connectivity index (χ2v) is 24.8. The molecule has 1 amide bonds. The van der Waals surface area contributed by atoms with E-state index in [4.69, 9.17) is 23.7 Å². The highest BCUT2D eigenvalue weighted by Crippen LogP contribution is 2.74. The Balaban J connectivity index is 1.46. The number of nitrogens with one attached hydrogen (secondary N) is 1. The maximum atomic E-state index is 15.6. The number of nitrogens with zero attached hydrogens (tertiary/aromatic N) is 1. The molecular formula is C46H57N2O16P3S. The third-order valence-electron chi connectivity index (χ3n) is 13.4. The van der Waals surface area contributed by atoms with E-state index in [1.807, 2.05) is 66.7 Å². The Kier molecular flexibility index (Phi) is 13.3. The number of ether oxygens (including phenoxy) is 3. The Morgan fingerprint density at radius 1 is 0.956 bits per heavy atom. The summed E-state index contributed by atoms with van der Waals surface area (Å²) in [7, 11) is -17.7. The van der Waals surface area contributed by atoms with Crippen LogP contribution in [0.3, 0.4) is 0 Å². The lowest BCUT2D eigenvalue weighted by atomic mass is 9.46. The highest BCUT2D eigenvalue weighted by atomic mass is 32.2. The van der Waals surface area contributed by atoms with Crippen molar-refractivity contribution < 1.29 is 75.3 Å². The van der Waals surface area contributed by atoms with Gasteiger partial charge in [-0.1, -0.05) is 41.5 Å². The maximum Gasteiger partial charge on any atom is 0.536 e. The molecular weight excluding hydrogens is 961 g/mol. The lowest BCUT2D eigenvalue weighted by Gasteiger charge is -2.63. The normalized spacial score (nSPS) is 29.8. The summed E-state index contributed by atoms with van der Waals surface area (Å²) in [6, 6.07) is 7.33. The minimum absolute atomic E-state index is 0.0136. The number of benzene rings is 2. The molecule has 2 aromatic carbocycles. The van der Waals surface area contributed by atoms with E-state index in [9.17, 15) is 43.2 Å². The number of thioether (sulfide) groups is 1. The molecule has 9 rings (SSSR count). The summed E-state index contributed by atoms with van der Waals surface area (Å²) in [6.07, 6.45) is 10.6. The number of aliphatic imine (C=N–C) groups is 1. The van der Waals surface area contributed by atoms with Crippen molar-refractivity contribution in [3.05, 3.63) is 82.0 Å². The first kappa shape index (κ1) is 50.7. The molecule has 4 fully saturated rings. The largest absolute Gasteiger partial charge is 0.536 e. The Hall–Kier alpha value is -3.67. The van der Waals surface area contributed by atoms with Crippen molar-refractivity contribution in [1.29, 1.82) is 0 Å². The van der Waals surface area contributed by atoms with Crippen LogP contribution in [0.15, 0.2) is 75.2 Å². The van der Waals surface area contributed by atoms with Crippen molar-refractivity contribution in [3.8, 4) is 17.2 Å². The van der Waals surface area contributed by atoms with E-state index in [2.05, 4.69) is 20.0 Å². The molecule has 4 aliphatic heterocycles. The second kappa shape index (κ2) is 17.9. The van der Waals surface area contributed by atoms with E-state index in [1.54, 1.807) is 37.3 Å². The Morgan fingerprint density at radius 3 is 2.34 bits per heavy atom. The van der Waals surface area contributed by atoms with Gasteiger partial charge in [0.2, 0.25) is 5.91 Å². The molecule has 4 bridgehead atoms. The smallest absolute Gasteiger partial charge is 0.482 e. The fourth-order valence-corrected chi connectivity index (χ4v) is 15.4. The molecule has 6 N–H and O–H groups in total. The molecule has 4 heterocycles. The Bertz CT molecular complexity index is 2770. The minimum Gasteiger partial charge on any atom is -0.482 e. The number of aliphatic hydroxyl groups excluding tert-OH is 1. The number of allylic oxidation sites excluding steroid dienone is 4. The quantitative estimate of drug-likeness (QED) is 0.0524. The van der Waals surface area contributed by atoms with Gasteiger partial charge in [-0.15, -0.1) is 11.8 Å². The van der Waals surface area contributed by atoms with E-state index in [-0.39, 0.29) is 65.7 Å². The van der Waals surface area contributed by atoms with Crippen LogP contribution in [0.4, 0.5) is 5.69 Å². The number of rotatable bonds is 16. The predicted molar refractivity (Wildman–Crippen MR) is 253 cm³/mol. The summed E-state index contributed by atoms with van der Waals surface area (Å²) >= 11 is 1.46. The molecule has 9 atom stereocenters. The molecule has 1 spiro atoms. The number of hydrogen-bond acceptors (Lipinski definition) is 14. The van der Waals surface area contributed by atoms with E-state index < -0.39 is 80.5 Å². The zero-order chi connectivity index (χ0) is 49.6. The second-order valence-electron chi connectivity index (χ2n) is 19.3. The van der Waals surface area contributed by atoms with Gasteiger partial charge < -0.3 is 43.8 Å². The zero-order valence-electron chi connectivity index (χ0n) is 38.9. The number of fused-ring (bicyclic) bond motifs is 4. The molecule has 1 saturated heterocycles. The summed E-state index contributed by atoms with van der Waals surface area (Å²) in [4.78, 5) is 75.5. The third-order valence-corrected chi connectivity index (χ3v) is 18.7. The SMILES string of the molecule is CC(C)=CCCC1(C)C=Cc2c(c(CC=C(C)C)c3c(c2OP(=O)(O)OP(=O)(O)OP(=O)(O)O)C2=Nc4ccccc4SC4C5CC6C(C)(C)OC(CC=C(C)C(=O)NCCO)(C5=O)C6(O3)C24)O1. The number of amides is 1. The number of Topliss-reactive ketones (excluding diaryl/α,β-unsaturated/α-hetero) is 1. The van der Waals surface area contributed by atoms with Crippen LogP contribution in [0.25, 0.3) is 6.08 Å². The fourth-order valence-electron chi connectivity index (χ4n) is 10.8. The van der Waals surface area contributed by atoms with Gasteiger partial charge in [-0.25, -0.2) is 13.7 Å². The van der Waals surface area contributed by atoms with Gasteiger partial charge in [0.1, 0.15) is 17.1 Å². The number of ketones is 1. The van der Waals surface area contributed by atoms with Gasteiger partial charge in [0, 0.05) is 46.1 Å². The number of phosphoric ester groups is 1. The van der Waals surface area contributed by atoms with Crippen LogP contribution in [0.2, 0.25) is 0 Å². The Labute approximate surface area is 398 Å². The maximum absolute atomic E-state index is 15.6. The molecule has 3 aliphatic carbocycles. The average molecular weight is 1020 g/mol. The number of hydrogen-bond donors (Lipinski definition) is 6. The van der Waals surface area contributed by atoms with Crippen LogP contribution >= 0.6 is 35.2 Å². The summed E-state index contributed by atoms with van der Waals surface area (Å²) in [5.74, 6) is -2.89. The van der Waals surface area contributed by atoms with Crippen LogP contribution in [0, 0.1) is 17.8 Å². The molecule has 7 aliphatic rings. The van der Waals surface area contributed by atoms with Crippen molar-refractivity contribution in [2.75, 3.05) is 13.2 Å². The standard InChI is InChI=1S/C46H57N2O16P3S/c1-25(2)12-11-19-44(8)20-18-29-37(59-44)28(16-15-26(3)4)38-34(39(29)61-66(55,56)64-67(57,58)63-65(52,53)54)36-35-40(68-32-14-10-9-13-31(32)48-36)30-24-33-43(6,7)62-45(41(30)50,46(33,35)60-38)21-17-27(5)42(51)47-22-23-49/h9-10,12-15,17-18,20,30,33,35,40,49H,11,16,19,21-24H2,1-8H3,(H,47,51)(H,55,56)(H,57,58)(H2,52,53,54). The molecule has 22 heteroatoms. The first-order chi connectivity index (χ1) is 31.7. The van der Waals surface area contributed by atoms with E-state index in [0.29, 0.717) is 30.5 Å². The van der Waals surface area contributed by atoms with Gasteiger partial charge in [-0.3, -0.25) is 19.5 Å². The molecule has 3 saturated carbocycles. The molecule has 9 unspecified atom stereocenters. The van der Waals surface area contributed by atoms with Gasteiger partial charge in [-0.2, -0.15) is 8.62 Å². The van der Waals surface area contributed by atoms with Crippen molar-refractivity contribution in [2.24, 2.45) is 22.7 Å². The van der Waals surface area contributed by atoms with E-state index in [0.717, 1.165) is 16.0 Å². The molecule has 2 aromatic rings. The molecule has 18 nitrogen and oxygen atoms in total. The van der Waals surface area contributed by atoms with Crippen LogP contribution < -0.4 is 19.3 Å². The number of carbonyl (C=O) groups excluding carboxylic acids is 2. The van der Waals surface area contributed by atoms with Crippen molar-refractivity contribution >= 4 is 64.4 Å². The molecule has 0 aromatic heterocycles. The fraction of sp³-hybridized carbons (Fsp3) is 0.500. The lowest BCUT2D eigenvalue weighted by molar-refractivity contribution is -0.195. The summed E-state index contributed by atoms with van der Waals surface area (Å²) in [5, 5.41) is 11.5. The monoisotopic (exact) mass is 1020 g/mol. The average Bonchev–Trinajstić information content (AvgIpc) is 3.30. The molecule has 0 radical (unpaired) electrons. The summed E-state index contributed by atoms with van der Waals surface area (Å²) < 4.78 is 74.9. The van der Waals surface area contributed by atoms with Gasteiger partial charge in [0.15, 0.2) is 22.7 Å². The zero-order valence-corrected chi connectivity index (χ0v) is 42.4. The number of para-hydroxylation sites is 1. The summed E-state index contributed by atoms with van der Waals surface area (Å²) in [5.41, 5.74) is -1.66. The molecule has 68 heavy (non-hydrogen) atoms. The van der Waals surface area contributed by atoms with Crippen LogP contribution in [0.1, 0.15) is 97.8 Å². The highest BCUT2D eigenvalue weighted by molar-refractivity contribution is 8.00. The number of carbonyl (C=O) groups is 2.